The third-order valence-electron chi connectivity index (χ3n) is 2.55. The lowest BCUT2D eigenvalue weighted by Crippen LogP contribution is -2.22. The minimum atomic E-state index is -1.50. The Labute approximate surface area is 102 Å². The first-order valence-electron chi connectivity index (χ1n) is 5.36. The van der Waals surface area contributed by atoms with Gasteiger partial charge in [-0.05, 0) is 32.9 Å². The zero-order valence-electron chi connectivity index (χ0n) is 10.2. The molecule has 1 heterocycles. The van der Waals surface area contributed by atoms with Crippen LogP contribution in [0.4, 0.5) is 13.2 Å². The van der Waals surface area contributed by atoms with E-state index in [4.69, 9.17) is 0 Å². The van der Waals surface area contributed by atoms with Crippen molar-refractivity contribution >= 4 is 0 Å². The Morgan fingerprint density at radius 3 is 2.33 bits per heavy atom. The van der Waals surface area contributed by atoms with Crippen molar-refractivity contribution in [2.45, 2.75) is 26.3 Å². The highest BCUT2D eigenvalue weighted by Crippen LogP contribution is 2.27. The summed E-state index contributed by atoms with van der Waals surface area (Å²) in [4.78, 5) is 0. The lowest BCUT2D eigenvalue weighted by atomic mass is 10.1. The van der Waals surface area contributed by atoms with Crippen LogP contribution in [0.3, 0.4) is 0 Å². The van der Waals surface area contributed by atoms with Crippen molar-refractivity contribution in [1.82, 2.24) is 14.8 Å². The molecule has 0 amide bonds. The van der Waals surface area contributed by atoms with Crippen molar-refractivity contribution in [1.29, 1.82) is 0 Å². The number of benzene rings is 1. The smallest absolute Gasteiger partial charge is 0.195 e. The number of hydrogen-bond acceptors (Lipinski definition) is 2. The van der Waals surface area contributed by atoms with Crippen LogP contribution in [0.2, 0.25) is 0 Å². The second-order valence-electron chi connectivity index (χ2n) is 4.92. The first-order chi connectivity index (χ1) is 8.32. The van der Waals surface area contributed by atoms with E-state index in [1.807, 2.05) is 20.8 Å². The summed E-state index contributed by atoms with van der Waals surface area (Å²) in [6, 6.07) is 2.02. The monoisotopic (exact) mass is 255 g/mol. The second-order valence-corrected chi connectivity index (χ2v) is 4.92. The summed E-state index contributed by atoms with van der Waals surface area (Å²) in [7, 11) is 0. The Morgan fingerprint density at radius 2 is 1.72 bits per heavy atom. The van der Waals surface area contributed by atoms with E-state index in [0.717, 1.165) is 12.1 Å². The SMILES string of the molecule is CC(C)(C)n1cnnc1-c1ccc(F)c(F)c1F. The molecule has 1 aromatic carbocycles. The molecule has 0 aliphatic rings. The largest absolute Gasteiger partial charge is 0.308 e. The molecule has 0 aliphatic heterocycles. The highest BCUT2D eigenvalue weighted by Gasteiger charge is 2.23. The van der Waals surface area contributed by atoms with Crippen LogP contribution in [0, 0.1) is 17.5 Å². The van der Waals surface area contributed by atoms with Gasteiger partial charge < -0.3 is 4.57 Å². The molecule has 96 valence electrons. The first-order valence-corrected chi connectivity index (χ1v) is 5.36. The lowest BCUT2D eigenvalue weighted by Gasteiger charge is -2.22. The maximum Gasteiger partial charge on any atom is 0.195 e. The molecule has 0 saturated carbocycles. The van der Waals surface area contributed by atoms with Gasteiger partial charge in [-0.1, -0.05) is 0 Å². The molecule has 2 aromatic rings. The molecule has 0 N–H and O–H groups in total. The van der Waals surface area contributed by atoms with Gasteiger partial charge in [0.05, 0.1) is 5.56 Å². The highest BCUT2D eigenvalue weighted by atomic mass is 19.2. The second kappa shape index (κ2) is 4.12. The van der Waals surface area contributed by atoms with Crippen LogP contribution in [0.15, 0.2) is 18.5 Å². The van der Waals surface area contributed by atoms with E-state index in [1.54, 1.807) is 4.57 Å². The maximum absolute atomic E-state index is 13.7. The summed E-state index contributed by atoms with van der Waals surface area (Å²) >= 11 is 0. The Bertz CT molecular complexity index is 585. The standard InChI is InChI=1S/C12H12F3N3/c1-12(2,3)18-6-16-17-11(18)7-4-5-8(13)10(15)9(7)14/h4-6H,1-3H3. The van der Waals surface area contributed by atoms with Crippen LogP contribution in [0.1, 0.15) is 20.8 Å². The Balaban J connectivity index is 2.64. The molecule has 0 unspecified atom stereocenters. The molecule has 0 atom stereocenters. The third kappa shape index (κ3) is 1.98. The fourth-order valence-electron chi connectivity index (χ4n) is 1.61. The summed E-state index contributed by atoms with van der Waals surface area (Å²) in [5, 5.41) is 7.46. The van der Waals surface area contributed by atoms with E-state index in [1.165, 1.54) is 6.33 Å². The summed E-state index contributed by atoms with van der Waals surface area (Å²) in [5.74, 6) is -3.82. The number of nitrogens with zero attached hydrogens (tertiary/aromatic N) is 3. The summed E-state index contributed by atoms with van der Waals surface area (Å²) in [6.45, 7) is 5.62. The first kappa shape index (κ1) is 12.6. The molecule has 0 aliphatic carbocycles. The molecule has 0 bridgehead atoms. The van der Waals surface area contributed by atoms with Crippen molar-refractivity contribution in [2.75, 3.05) is 0 Å². The third-order valence-corrected chi connectivity index (χ3v) is 2.55. The van der Waals surface area contributed by atoms with Gasteiger partial charge in [-0.25, -0.2) is 13.2 Å². The average Bonchev–Trinajstić information content (AvgIpc) is 2.74. The number of halogens is 3. The molecule has 0 radical (unpaired) electrons. The molecular formula is C12H12F3N3. The van der Waals surface area contributed by atoms with Crippen molar-refractivity contribution in [2.24, 2.45) is 0 Å². The Hall–Kier alpha value is -1.85. The van der Waals surface area contributed by atoms with Gasteiger partial charge in [0, 0.05) is 5.54 Å². The van der Waals surface area contributed by atoms with Crippen LogP contribution in [0.5, 0.6) is 0 Å². The molecular weight excluding hydrogens is 243 g/mol. The van der Waals surface area contributed by atoms with Crippen molar-refractivity contribution in [3.8, 4) is 11.4 Å². The maximum atomic E-state index is 13.7. The van der Waals surface area contributed by atoms with Crippen LogP contribution in [-0.2, 0) is 5.54 Å². The van der Waals surface area contributed by atoms with Gasteiger partial charge in [0.15, 0.2) is 23.3 Å². The van der Waals surface area contributed by atoms with E-state index < -0.39 is 23.0 Å². The van der Waals surface area contributed by atoms with Gasteiger partial charge in [-0.15, -0.1) is 10.2 Å². The van der Waals surface area contributed by atoms with Crippen LogP contribution in [-0.4, -0.2) is 14.8 Å². The quantitative estimate of drug-likeness (QED) is 0.733. The van der Waals surface area contributed by atoms with Crippen LogP contribution in [0.25, 0.3) is 11.4 Å². The van der Waals surface area contributed by atoms with Gasteiger partial charge >= 0.3 is 0 Å². The van der Waals surface area contributed by atoms with E-state index in [0.29, 0.717) is 0 Å². The Kier molecular flexibility index (Phi) is 2.88. The average molecular weight is 255 g/mol. The molecule has 0 fully saturated rings. The highest BCUT2D eigenvalue weighted by molar-refractivity contribution is 5.56. The van der Waals surface area contributed by atoms with E-state index in [-0.39, 0.29) is 11.4 Å². The molecule has 0 saturated heterocycles. The summed E-state index contributed by atoms with van der Waals surface area (Å²) < 4.78 is 41.4. The summed E-state index contributed by atoms with van der Waals surface area (Å²) in [5.41, 5.74) is -0.503. The molecule has 3 nitrogen and oxygen atoms in total. The normalized spacial score (nSPS) is 11.9. The van der Waals surface area contributed by atoms with Crippen molar-refractivity contribution in [3.05, 3.63) is 35.9 Å². The number of hydrogen-bond donors (Lipinski definition) is 0. The lowest BCUT2D eigenvalue weighted by molar-refractivity contribution is 0.397. The summed E-state index contributed by atoms with van der Waals surface area (Å²) in [6.07, 6.45) is 1.43. The minimum absolute atomic E-state index is 0.110. The topological polar surface area (TPSA) is 30.7 Å². The predicted molar refractivity (Wildman–Crippen MR) is 60.3 cm³/mol. The van der Waals surface area contributed by atoms with Gasteiger partial charge in [-0.2, -0.15) is 0 Å². The molecule has 18 heavy (non-hydrogen) atoms. The zero-order chi connectivity index (χ0) is 13.5. The van der Waals surface area contributed by atoms with Gasteiger partial charge in [0.2, 0.25) is 0 Å². The van der Waals surface area contributed by atoms with E-state index >= 15 is 0 Å². The Morgan fingerprint density at radius 1 is 1.06 bits per heavy atom. The molecule has 2 rings (SSSR count). The van der Waals surface area contributed by atoms with Gasteiger partial charge in [-0.3, -0.25) is 0 Å². The van der Waals surface area contributed by atoms with Crippen molar-refractivity contribution in [3.63, 3.8) is 0 Å². The van der Waals surface area contributed by atoms with Gasteiger partial charge in [0.25, 0.3) is 0 Å². The van der Waals surface area contributed by atoms with Crippen molar-refractivity contribution < 1.29 is 13.2 Å². The zero-order valence-corrected chi connectivity index (χ0v) is 10.2. The number of aromatic nitrogens is 3. The van der Waals surface area contributed by atoms with E-state index in [2.05, 4.69) is 10.2 Å². The van der Waals surface area contributed by atoms with Gasteiger partial charge in [0.1, 0.15) is 6.33 Å². The number of rotatable bonds is 1. The molecule has 1 aromatic heterocycles. The molecule has 0 spiro atoms. The minimum Gasteiger partial charge on any atom is -0.308 e. The predicted octanol–water partition coefficient (Wildman–Crippen LogP) is 3.12. The fraction of sp³-hybridized carbons (Fsp3) is 0.333. The molecule has 6 heteroatoms. The van der Waals surface area contributed by atoms with Crippen LogP contribution >= 0.6 is 0 Å². The fourth-order valence-corrected chi connectivity index (χ4v) is 1.61. The van der Waals surface area contributed by atoms with E-state index in [9.17, 15) is 13.2 Å². The van der Waals surface area contributed by atoms with Crippen LogP contribution < -0.4 is 0 Å².